The summed E-state index contributed by atoms with van der Waals surface area (Å²) in [6.07, 6.45) is 11.3. The Hall–Kier alpha value is -3.31. The van der Waals surface area contributed by atoms with E-state index in [1.165, 1.54) is 33.5 Å². The monoisotopic (exact) mass is 540 g/mol. The van der Waals surface area contributed by atoms with Crippen molar-refractivity contribution in [2.24, 2.45) is 0 Å². The lowest BCUT2D eigenvalue weighted by Gasteiger charge is -2.36. The number of pyridine rings is 1. The molecule has 3 heterocycles. The van der Waals surface area contributed by atoms with Crippen molar-refractivity contribution in [2.75, 3.05) is 19.8 Å². The number of nitrogens with zero attached hydrogens (tertiary/aromatic N) is 2. The molecule has 0 N–H and O–H groups in total. The predicted octanol–water partition coefficient (Wildman–Crippen LogP) is 7.88. The molecule has 1 unspecified atom stereocenters. The van der Waals surface area contributed by atoms with Gasteiger partial charge in [0.15, 0.2) is 0 Å². The average molecular weight is 541 g/mol. The van der Waals surface area contributed by atoms with Crippen LogP contribution in [0.25, 0.3) is 10.8 Å². The molecule has 1 aromatic heterocycles. The highest BCUT2D eigenvalue weighted by atomic mass is 19.1. The Morgan fingerprint density at radius 2 is 1.95 bits per heavy atom. The van der Waals surface area contributed by atoms with E-state index in [4.69, 9.17) is 4.74 Å². The number of fused-ring (bicyclic) bond motifs is 3. The number of benzene rings is 2. The van der Waals surface area contributed by atoms with Gasteiger partial charge >= 0.3 is 0 Å². The summed E-state index contributed by atoms with van der Waals surface area (Å²) in [5.74, 6) is -0.0486. The Kier molecular flexibility index (Phi) is 9.11. The molecule has 4 nitrogen and oxygen atoms in total. The van der Waals surface area contributed by atoms with Gasteiger partial charge in [0.1, 0.15) is 0 Å². The van der Waals surface area contributed by atoms with Crippen LogP contribution in [0.5, 0.6) is 0 Å². The van der Waals surface area contributed by atoms with Gasteiger partial charge in [-0.15, -0.1) is 0 Å². The van der Waals surface area contributed by atoms with E-state index < -0.39 is 5.95 Å². The van der Waals surface area contributed by atoms with Gasteiger partial charge in [-0.3, -0.25) is 4.79 Å². The van der Waals surface area contributed by atoms with Crippen LogP contribution in [0.4, 0.5) is 4.39 Å². The predicted molar refractivity (Wildman–Crippen MR) is 160 cm³/mol. The van der Waals surface area contributed by atoms with Gasteiger partial charge in [0.25, 0.3) is 5.91 Å². The first-order valence-corrected chi connectivity index (χ1v) is 14.9. The van der Waals surface area contributed by atoms with E-state index >= 15 is 0 Å². The van der Waals surface area contributed by atoms with Gasteiger partial charge in [0.2, 0.25) is 5.95 Å². The molecule has 40 heavy (non-hydrogen) atoms. The lowest BCUT2D eigenvalue weighted by atomic mass is 9.84. The van der Waals surface area contributed by atoms with E-state index in [2.05, 4.69) is 59.8 Å². The Morgan fingerprint density at radius 3 is 2.67 bits per heavy atom. The summed E-state index contributed by atoms with van der Waals surface area (Å²) in [6.45, 7) is 10.3. The lowest BCUT2D eigenvalue weighted by Crippen LogP contribution is -2.45. The van der Waals surface area contributed by atoms with Crippen LogP contribution in [0.15, 0.2) is 66.8 Å². The third-order valence-electron chi connectivity index (χ3n) is 8.75. The molecule has 1 amide bonds. The summed E-state index contributed by atoms with van der Waals surface area (Å²) in [5, 5.41) is 2.41. The van der Waals surface area contributed by atoms with Gasteiger partial charge in [-0.05, 0) is 104 Å². The summed E-state index contributed by atoms with van der Waals surface area (Å²) in [5.41, 5.74) is 6.31. The molecule has 2 aliphatic heterocycles. The number of aryl methyl sites for hydroxylation is 2. The van der Waals surface area contributed by atoms with E-state index in [1.54, 1.807) is 0 Å². The van der Waals surface area contributed by atoms with Gasteiger partial charge in [0.05, 0.1) is 0 Å². The van der Waals surface area contributed by atoms with Crippen LogP contribution in [0.2, 0.25) is 0 Å². The highest BCUT2D eigenvalue weighted by Gasteiger charge is 2.30. The van der Waals surface area contributed by atoms with Crippen LogP contribution in [0.3, 0.4) is 0 Å². The first-order chi connectivity index (χ1) is 19.5. The van der Waals surface area contributed by atoms with Crippen molar-refractivity contribution in [1.29, 1.82) is 0 Å². The Labute approximate surface area is 237 Å². The largest absolute Gasteiger partial charge is 0.381 e. The third-order valence-corrected chi connectivity index (χ3v) is 8.75. The molecule has 0 saturated carbocycles. The van der Waals surface area contributed by atoms with Gasteiger partial charge in [-0.1, -0.05) is 61.6 Å². The van der Waals surface area contributed by atoms with Crippen molar-refractivity contribution >= 4 is 16.7 Å². The first-order valence-electron chi connectivity index (χ1n) is 14.9. The summed E-state index contributed by atoms with van der Waals surface area (Å²) in [7, 11) is 0. The van der Waals surface area contributed by atoms with Crippen LogP contribution >= 0.6 is 0 Å². The second-order valence-corrected chi connectivity index (χ2v) is 11.3. The van der Waals surface area contributed by atoms with Crippen LogP contribution in [0, 0.1) is 12.9 Å². The maximum Gasteiger partial charge on any atom is 0.254 e. The summed E-state index contributed by atoms with van der Waals surface area (Å²) >= 11 is 0. The standard InChI is InChI=1S/C35H41FN2O2/c1-4-10-25(21-26(5-2)29-14-15-34(36)37-24(29)3)22-27-23-33-32(31-12-7-6-11-30(27)31)13-8-9-18-38(35(33)39)28-16-19-40-20-17-28/h4,6-7,10-12,14-15,23,26,28H,1,5,8-9,13,16-22H2,2-3H3. The smallest absolute Gasteiger partial charge is 0.254 e. The zero-order chi connectivity index (χ0) is 28.1. The van der Waals surface area contributed by atoms with Gasteiger partial charge in [0, 0.05) is 37.1 Å². The summed E-state index contributed by atoms with van der Waals surface area (Å²) in [4.78, 5) is 20.4. The van der Waals surface area contributed by atoms with E-state index in [-0.39, 0.29) is 17.9 Å². The molecule has 2 aliphatic rings. The molecule has 3 aromatic rings. The van der Waals surface area contributed by atoms with Crippen molar-refractivity contribution in [3.8, 4) is 0 Å². The number of halogens is 1. The van der Waals surface area contributed by atoms with Gasteiger partial charge in [-0.2, -0.15) is 4.39 Å². The summed E-state index contributed by atoms with van der Waals surface area (Å²) in [6, 6.07) is 14.3. The zero-order valence-corrected chi connectivity index (χ0v) is 23.9. The van der Waals surface area contributed by atoms with Crippen LogP contribution < -0.4 is 0 Å². The number of carbonyl (C=O) groups is 1. The van der Waals surface area contributed by atoms with Crippen molar-refractivity contribution in [1.82, 2.24) is 9.88 Å². The second kappa shape index (κ2) is 12.9. The minimum absolute atomic E-state index is 0.169. The van der Waals surface area contributed by atoms with Crippen LogP contribution in [-0.2, 0) is 17.6 Å². The molecular formula is C35H41FN2O2. The minimum atomic E-state index is -0.440. The fraction of sp³-hybridized carbons (Fsp3) is 0.429. The number of allylic oxidation sites excluding steroid dienone is 3. The maximum absolute atomic E-state index is 14.2. The van der Waals surface area contributed by atoms with Gasteiger partial charge < -0.3 is 9.64 Å². The van der Waals surface area contributed by atoms with Gasteiger partial charge in [-0.25, -0.2) is 4.98 Å². The number of carbonyl (C=O) groups excluding carboxylic acids is 1. The maximum atomic E-state index is 14.2. The molecular weight excluding hydrogens is 499 g/mol. The quantitative estimate of drug-likeness (QED) is 0.216. The molecule has 210 valence electrons. The van der Waals surface area contributed by atoms with Crippen molar-refractivity contribution < 1.29 is 13.9 Å². The Morgan fingerprint density at radius 1 is 1.18 bits per heavy atom. The van der Waals surface area contributed by atoms with Crippen molar-refractivity contribution in [3.63, 3.8) is 0 Å². The third kappa shape index (κ3) is 6.05. The summed E-state index contributed by atoms with van der Waals surface area (Å²) < 4.78 is 19.3. The molecule has 5 heteroatoms. The molecule has 0 spiro atoms. The minimum Gasteiger partial charge on any atom is -0.381 e. The highest BCUT2D eigenvalue weighted by molar-refractivity contribution is 6.03. The molecule has 0 aliphatic carbocycles. The van der Waals surface area contributed by atoms with E-state index in [0.717, 1.165) is 87.9 Å². The highest BCUT2D eigenvalue weighted by Crippen LogP contribution is 2.35. The SMILES string of the molecule is C=CC=C(Cc1cc2c(c3ccccc13)CCCCN(C1CCOCC1)C2=O)CC(CC)c1ccc(F)nc1C. The Bertz CT molecular complexity index is 1410. The number of hydrogen-bond acceptors (Lipinski definition) is 3. The molecule has 1 atom stereocenters. The van der Waals surface area contributed by atoms with Crippen LogP contribution in [0.1, 0.15) is 84.1 Å². The first kappa shape index (κ1) is 28.2. The lowest BCUT2D eigenvalue weighted by molar-refractivity contribution is 0.0281. The number of hydrogen-bond donors (Lipinski definition) is 0. The molecule has 0 bridgehead atoms. The average Bonchev–Trinajstić information content (AvgIpc) is 2.96. The molecule has 5 rings (SSSR count). The second-order valence-electron chi connectivity index (χ2n) is 11.3. The van der Waals surface area contributed by atoms with E-state index in [1.807, 2.05) is 19.1 Å². The van der Waals surface area contributed by atoms with Crippen LogP contribution in [-0.4, -0.2) is 41.6 Å². The molecule has 1 saturated heterocycles. The molecule has 1 fully saturated rings. The molecule has 2 aromatic carbocycles. The fourth-order valence-corrected chi connectivity index (χ4v) is 6.68. The number of amides is 1. The normalized spacial score (nSPS) is 17.8. The Balaban J connectivity index is 1.53. The fourth-order valence-electron chi connectivity index (χ4n) is 6.68. The number of aromatic nitrogens is 1. The van der Waals surface area contributed by atoms with Crippen molar-refractivity contribution in [3.05, 3.63) is 101 Å². The van der Waals surface area contributed by atoms with E-state index in [0.29, 0.717) is 0 Å². The number of rotatable bonds is 8. The topological polar surface area (TPSA) is 42.4 Å². The van der Waals surface area contributed by atoms with Crippen molar-refractivity contribution in [2.45, 2.75) is 77.2 Å². The number of ether oxygens (including phenoxy) is 1. The molecule has 0 radical (unpaired) electrons. The zero-order valence-electron chi connectivity index (χ0n) is 23.9. The van der Waals surface area contributed by atoms with E-state index in [9.17, 15) is 9.18 Å².